The van der Waals surface area contributed by atoms with Crippen molar-refractivity contribution in [2.75, 3.05) is 50.9 Å². The smallest absolute Gasteiger partial charge is 0.243 e. The van der Waals surface area contributed by atoms with Gasteiger partial charge < -0.3 is 4.74 Å². The van der Waals surface area contributed by atoms with Crippen LogP contribution in [0.2, 0.25) is 0 Å². The standard InChI is InChI=1S/C18H26N2O4S2/c1-15(21)16-3-5-18(6-4-16)26(22,23)20-7-2-12-25-14-17(20)13-19-8-10-24-11-9-19/h3-6,17H,2,7-14H2,1H3. The second kappa shape index (κ2) is 8.84. The number of Topliss-reactive ketones (excluding diaryl/α,β-unsaturated/α-hetero) is 1. The van der Waals surface area contributed by atoms with Gasteiger partial charge in [-0.25, -0.2) is 8.42 Å². The third-order valence-corrected chi connectivity index (χ3v) is 7.99. The number of morpholine rings is 1. The molecule has 2 aliphatic heterocycles. The molecule has 0 saturated carbocycles. The van der Waals surface area contributed by atoms with Crippen LogP contribution in [0.1, 0.15) is 23.7 Å². The van der Waals surface area contributed by atoms with Gasteiger partial charge in [-0.15, -0.1) is 0 Å². The van der Waals surface area contributed by atoms with Crippen molar-refractivity contribution in [3.63, 3.8) is 0 Å². The molecular formula is C18H26N2O4S2. The highest BCUT2D eigenvalue weighted by atomic mass is 32.2. The summed E-state index contributed by atoms with van der Waals surface area (Å²) in [6.07, 6.45) is 0.856. The minimum Gasteiger partial charge on any atom is -0.379 e. The zero-order valence-corrected chi connectivity index (χ0v) is 16.7. The van der Waals surface area contributed by atoms with E-state index in [2.05, 4.69) is 4.90 Å². The average Bonchev–Trinajstić information content (AvgIpc) is 2.88. The first kappa shape index (κ1) is 19.8. The maximum atomic E-state index is 13.3. The van der Waals surface area contributed by atoms with Crippen LogP contribution < -0.4 is 0 Å². The molecule has 2 fully saturated rings. The molecule has 1 aromatic rings. The number of carbonyl (C=O) groups excluding carboxylic acids is 1. The van der Waals surface area contributed by atoms with Crippen LogP contribution in [0.25, 0.3) is 0 Å². The first-order chi connectivity index (χ1) is 12.5. The van der Waals surface area contributed by atoms with Gasteiger partial charge in [-0.2, -0.15) is 16.1 Å². The van der Waals surface area contributed by atoms with Gasteiger partial charge >= 0.3 is 0 Å². The van der Waals surface area contributed by atoms with Crippen LogP contribution in [-0.2, 0) is 14.8 Å². The molecule has 8 heteroatoms. The molecule has 0 N–H and O–H groups in total. The van der Waals surface area contributed by atoms with E-state index >= 15 is 0 Å². The van der Waals surface area contributed by atoms with Crippen LogP contribution >= 0.6 is 11.8 Å². The third-order valence-electron chi connectivity index (χ3n) is 4.82. The summed E-state index contributed by atoms with van der Waals surface area (Å²) in [5, 5.41) is 0. The Hall–Kier alpha value is -0.930. The minimum absolute atomic E-state index is 0.0434. The molecule has 3 rings (SSSR count). The van der Waals surface area contributed by atoms with E-state index in [0.29, 0.717) is 25.3 Å². The van der Waals surface area contributed by atoms with Gasteiger partial charge in [0.2, 0.25) is 10.0 Å². The van der Waals surface area contributed by atoms with E-state index in [4.69, 9.17) is 4.74 Å². The lowest BCUT2D eigenvalue weighted by Crippen LogP contribution is -2.50. The number of benzene rings is 1. The maximum Gasteiger partial charge on any atom is 0.243 e. The molecule has 26 heavy (non-hydrogen) atoms. The van der Waals surface area contributed by atoms with E-state index in [1.54, 1.807) is 28.6 Å². The minimum atomic E-state index is -3.58. The molecular weight excluding hydrogens is 372 g/mol. The summed E-state index contributed by atoms with van der Waals surface area (Å²) < 4.78 is 33.6. The van der Waals surface area contributed by atoms with Crippen molar-refractivity contribution in [2.24, 2.45) is 0 Å². The van der Waals surface area contributed by atoms with Crippen LogP contribution in [0, 0.1) is 0 Å². The molecule has 2 heterocycles. The largest absolute Gasteiger partial charge is 0.379 e. The molecule has 2 saturated heterocycles. The molecule has 144 valence electrons. The quantitative estimate of drug-likeness (QED) is 0.704. The monoisotopic (exact) mass is 398 g/mol. The predicted octanol–water partition coefficient (Wildman–Crippen LogP) is 1.72. The van der Waals surface area contributed by atoms with E-state index in [0.717, 1.165) is 37.6 Å². The van der Waals surface area contributed by atoms with Crippen LogP contribution in [0.15, 0.2) is 29.2 Å². The Morgan fingerprint density at radius 1 is 1.19 bits per heavy atom. The van der Waals surface area contributed by atoms with Crippen molar-refractivity contribution in [1.29, 1.82) is 0 Å². The summed E-state index contributed by atoms with van der Waals surface area (Å²) in [6.45, 7) is 5.87. The number of ketones is 1. The molecule has 6 nitrogen and oxygen atoms in total. The van der Waals surface area contributed by atoms with E-state index < -0.39 is 10.0 Å². The third kappa shape index (κ3) is 4.67. The van der Waals surface area contributed by atoms with Crippen LogP contribution in [-0.4, -0.2) is 80.3 Å². The van der Waals surface area contributed by atoms with Crippen molar-refractivity contribution in [3.8, 4) is 0 Å². The summed E-state index contributed by atoms with van der Waals surface area (Å²) in [5.74, 6) is 1.72. The molecule has 1 unspecified atom stereocenters. The molecule has 0 bridgehead atoms. The normalized spacial score (nSPS) is 23.5. The molecule has 0 aromatic heterocycles. The Kier molecular flexibility index (Phi) is 6.74. The highest BCUT2D eigenvalue weighted by molar-refractivity contribution is 7.99. The Balaban J connectivity index is 1.82. The Bertz CT molecular complexity index is 715. The average molecular weight is 399 g/mol. The lowest BCUT2D eigenvalue weighted by Gasteiger charge is -2.35. The van der Waals surface area contributed by atoms with Gasteiger partial charge in [0.15, 0.2) is 5.78 Å². The number of ether oxygens (including phenoxy) is 1. The van der Waals surface area contributed by atoms with Crippen molar-refractivity contribution in [3.05, 3.63) is 29.8 Å². The summed E-state index contributed by atoms with van der Waals surface area (Å²) in [7, 11) is -3.58. The second-order valence-electron chi connectivity index (χ2n) is 6.69. The van der Waals surface area contributed by atoms with Gasteiger partial charge in [0.05, 0.1) is 18.1 Å². The van der Waals surface area contributed by atoms with Crippen molar-refractivity contribution in [1.82, 2.24) is 9.21 Å². The number of rotatable bonds is 5. The highest BCUT2D eigenvalue weighted by Crippen LogP contribution is 2.25. The predicted molar refractivity (Wildman–Crippen MR) is 103 cm³/mol. The lowest BCUT2D eigenvalue weighted by molar-refractivity contribution is 0.0309. The Morgan fingerprint density at radius 3 is 2.54 bits per heavy atom. The fourth-order valence-electron chi connectivity index (χ4n) is 3.35. The maximum absolute atomic E-state index is 13.3. The molecule has 0 radical (unpaired) electrons. The fourth-order valence-corrected chi connectivity index (χ4v) is 6.15. The molecule has 0 spiro atoms. The lowest BCUT2D eigenvalue weighted by atomic mass is 10.2. The van der Waals surface area contributed by atoms with Gasteiger partial charge in [0, 0.05) is 43.5 Å². The van der Waals surface area contributed by atoms with Crippen LogP contribution in [0.5, 0.6) is 0 Å². The number of nitrogens with zero attached hydrogens (tertiary/aromatic N) is 2. The molecule has 1 aromatic carbocycles. The Morgan fingerprint density at radius 2 is 1.88 bits per heavy atom. The van der Waals surface area contributed by atoms with E-state index in [-0.39, 0.29) is 16.7 Å². The van der Waals surface area contributed by atoms with E-state index in [1.165, 1.54) is 6.92 Å². The molecule has 2 aliphatic rings. The van der Waals surface area contributed by atoms with Crippen molar-refractivity contribution in [2.45, 2.75) is 24.3 Å². The highest BCUT2D eigenvalue weighted by Gasteiger charge is 2.34. The fraction of sp³-hybridized carbons (Fsp3) is 0.611. The number of sulfonamides is 1. The molecule has 0 amide bonds. The molecule has 1 atom stereocenters. The summed E-state index contributed by atoms with van der Waals surface area (Å²) in [5.41, 5.74) is 0.528. The summed E-state index contributed by atoms with van der Waals surface area (Å²) >= 11 is 1.83. The van der Waals surface area contributed by atoms with Gasteiger partial charge in [-0.3, -0.25) is 9.69 Å². The summed E-state index contributed by atoms with van der Waals surface area (Å²) in [6, 6.07) is 6.25. The van der Waals surface area contributed by atoms with E-state index in [1.807, 2.05) is 11.8 Å². The van der Waals surface area contributed by atoms with E-state index in [9.17, 15) is 13.2 Å². The van der Waals surface area contributed by atoms with Crippen molar-refractivity contribution >= 4 is 27.6 Å². The SMILES string of the molecule is CC(=O)c1ccc(S(=O)(=O)N2CCCSCC2CN2CCOCC2)cc1. The van der Waals surface area contributed by atoms with Gasteiger partial charge in [0.25, 0.3) is 0 Å². The number of hydrogen-bond acceptors (Lipinski definition) is 6. The number of hydrogen-bond donors (Lipinski definition) is 0. The Labute approximate surface area is 159 Å². The summed E-state index contributed by atoms with van der Waals surface area (Å²) in [4.78, 5) is 14.0. The number of carbonyl (C=O) groups is 1. The van der Waals surface area contributed by atoms with Gasteiger partial charge in [-0.1, -0.05) is 12.1 Å². The van der Waals surface area contributed by atoms with Gasteiger partial charge in [0.1, 0.15) is 0 Å². The second-order valence-corrected chi connectivity index (χ2v) is 9.73. The van der Waals surface area contributed by atoms with Gasteiger partial charge in [-0.05, 0) is 31.2 Å². The van der Waals surface area contributed by atoms with Crippen LogP contribution in [0.3, 0.4) is 0 Å². The zero-order valence-electron chi connectivity index (χ0n) is 15.1. The topological polar surface area (TPSA) is 66.9 Å². The van der Waals surface area contributed by atoms with Crippen LogP contribution in [0.4, 0.5) is 0 Å². The number of thioether (sulfide) groups is 1. The first-order valence-corrected chi connectivity index (χ1v) is 11.6. The zero-order chi connectivity index (χ0) is 18.6. The first-order valence-electron chi connectivity index (χ1n) is 8.99. The molecule has 0 aliphatic carbocycles. The van der Waals surface area contributed by atoms with Crippen molar-refractivity contribution < 1.29 is 17.9 Å².